The number of rotatable bonds is 7. The lowest BCUT2D eigenvalue weighted by atomic mass is 9.81. The molecule has 2 unspecified atom stereocenters. The Morgan fingerprint density at radius 3 is 2.35 bits per heavy atom. The highest BCUT2D eigenvalue weighted by atomic mass is 14.8. The van der Waals surface area contributed by atoms with E-state index >= 15 is 0 Å². The van der Waals surface area contributed by atoms with Crippen molar-refractivity contribution in [3.05, 3.63) is 60.2 Å². The topological polar surface area (TPSA) is 26.0 Å². The fraction of sp³-hybridized carbons (Fsp3) is 0.455. The van der Waals surface area contributed by atoms with E-state index in [1.165, 1.54) is 42.4 Å². The molecule has 0 saturated heterocycles. The van der Waals surface area contributed by atoms with Crippen LogP contribution in [-0.4, -0.2) is 6.04 Å². The van der Waals surface area contributed by atoms with Gasteiger partial charge in [0.05, 0.1) is 0 Å². The molecule has 1 nitrogen and oxygen atoms in total. The molecule has 3 rings (SSSR count). The molecular weight excluding hydrogens is 278 g/mol. The van der Waals surface area contributed by atoms with Crippen LogP contribution in [0.4, 0.5) is 0 Å². The molecule has 2 aromatic rings. The van der Waals surface area contributed by atoms with Gasteiger partial charge in [-0.1, -0.05) is 74.9 Å². The molecule has 1 fully saturated rings. The monoisotopic (exact) mass is 307 g/mol. The molecule has 0 bridgehead atoms. The first-order valence-corrected chi connectivity index (χ1v) is 9.04. The molecule has 1 aliphatic carbocycles. The Hall–Kier alpha value is -1.60. The van der Waals surface area contributed by atoms with Gasteiger partial charge in [-0.3, -0.25) is 0 Å². The molecule has 122 valence electrons. The average Bonchev–Trinajstić information content (AvgIpc) is 3.36. The van der Waals surface area contributed by atoms with Gasteiger partial charge in [-0.25, -0.2) is 0 Å². The first-order chi connectivity index (χ1) is 11.1. The highest BCUT2D eigenvalue weighted by Crippen LogP contribution is 2.53. The van der Waals surface area contributed by atoms with Crippen molar-refractivity contribution in [1.29, 1.82) is 0 Å². The number of nitrogens with two attached hydrogens (primary N) is 1. The highest BCUT2D eigenvalue weighted by molar-refractivity contribution is 5.63. The first kappa shape index (κ1) is 16.3. The molecule has 0 amide bonds. The van der Waals surface area contributed by atoms with Crippen LogP contribution in [0.15, 0.2) is 54.6 Å². The molecule has 2 N–H and O–H groups in total. The SMILES string of the molecule is CCCC1(C(N)C(C)Cc2cccc(-c3ccccc3)c2)CC1. The smallest absolute Gasteiger partial charge is 0.0125 e. The maximum Gasteiger partial charge on any atom is 0.0125 e. The van der Waals surface area contributed by atoms with E-state index in [1.54, 1.807) is 0 Å². The lowest BCUT2D eigenvalue weighted by Crippen LogP contribution is -2.38. The summed E-state index contributed by atoms with van der Waals surface area (Å²) in [5.74, 6) is 0.537. The maximum absolute atomic E-state index is 6.64. The molecule has 0 aromatic heterocycles. The second kappa shape index (κ2) is 6.88. The molecule has 0 radical (unpaired) electrons. The van der Waals surface area contributed by atoms with Crippen molar-refractivity contribution >= 4 is 0 Å². The quantitative estimate of drug-likeness (QED) is 0.724. The Labute approximate surface area is 140 Å². The van der Waals surface area contributed by atoms with E-state index in [0.717, 1.165) is 6.42 Å². The fourth-order valence-electron chi connectivity index (χ4n) is 4.02. The molecule has 0 spiro atoms. The molecule has 23 heavy (non-hydrogen) atoms. The van der Waals surface area contributed by atoms with Crippen molar-refractivity contribution in [2.75, 3.05) is 0 Å². The zero-order chi connectivity index (χ0) is 16.3. The minimum absolute atomic E-state index is 0.336. The highest BCUT2D eigenvalue weighted by Gasteiger charge is 2.48. The zero-order valence-electron chi connectivity index (χ0n) is 14.5. The van der Waals surface area contributed by atoms with Crippen LogP contribution in [0.5, 0.6) is 0 Å². The van der Waals surface area contributed by atoms with Crippen LogP contribution in [0.1, 0.15) is 45.1 Å². The Kier molecular flexibility index (Phi) is 4.87. The Morgan fingerprint density at radius 1 is 1.00 bits per heavy atom. The third-order valence-electron chi connectivity index (χ3n) is 5.55. The normalized spacial score (nSPS) is 18.4. The van der Waals surface area contributed by atoms with Crippen molar-refractivity contribution in [3.8, 4) is 11.1 Å². The summed E-state index contributed by atoms with van der Waals surface area (Å²) in [6, 6.07) is 19.9. The van der Waals surface area contributed by atoms with E-state index in [2.05, 4.69) is 68.4 Å². The predicted octanol–water partition coefficient (Wildman–Crippen LogP) is 5.44. The van der Waals surface area contributed by atoms with E-state index in [9.17, 15) is 0 Å². The van der Waals surface area contributed by atoms with Crippen molar-refractivity contribution in [2.45, 2.75) is 52.0 Å². The summed E-state index contributed by atoms with van der Waals surface area (Å²) in [6.45, 7) is 4.61. The summed E-state index contributed by atoms with van der Waals surface area (Å²) in [5.41, 5.74) is 11.1. The number of hydrogen-bond donors (Lipinski definition) is 1. The van der Waals surface area contributed by atoms with Gasteiger partial charge < -0.3 is 5.73 Å². The molecule has 1 aliphatic rings. The summed E-state index contributed by atoms with van der Waals surface area (Å²) in [5, 5.41) is 0. The second-order valence-electron chi connectivity index (χ2n) is 7.39. The summed E-state index contributed by atoms with van der Waals surface area (Å²) >= 11 is 0. The van der Waals surface area contributed by atoms with Crippen LogP contribution in [0, 0.1) is 11.3 Å². The molecule has 0 heterocycles. The van der Waals surface area contributed by atoms with Crippen molar-refractivity contribution < 1.29 is 0 Å². The lowest BCUT2D eigenvalue weighted by molar-refractivity contribution is 0.283. The van der Waals surface area contributed by atoms with Crippen LogP contribution >= 0.6 is 0 Å². The van der Waals surface area contributed by atoms with Gasteiger partial charge in [0.25, 0.3) is 0 Å². The van der Waals surface area contributed by atoms with Gasteiger partial charge in [-0.2, -0.15) is 0 Å². The van der Waals surface area contributed by atoms with Gasteiger partial charge in [0.15, 0.2) is 0 Å². The van der Waals surface area contributed by atoms with E-state index in [1.807, 2.05) is 0 Å². The van der Waals surface area contributed by atoms with E-state index in [0.29, 0.717) is 17.4 Å². The van der Waals surface area contributed by atoms with E-state index in [4.69, 9.17) is 5.73 Å². The minimum atomic E-state index is 0.336. The largest absolute Gasteiger partial charge is 0.327 e. The van der Waals surface area contributed by atoms with Gasteiger partial charge in [0.2, 0.25) is 0 Å². The van der Waals surface area contributed by atoms with Gasteiger partial charge >= 0.3 is 0 Å². The maximum atomic E-state index is 6.64. The molecule has 0 aliphatic heterocycles. The Morgan fingerprint density at radius 2 is 1.70 bits per heavy atom. The Balaban J connectivity index is 1.71. The van der Waals surface area contributed by atoms with Crippen LogP contribution in [0.25, 0.3) is 11.1 Å². The predicted molar refractivity (Wildman–Crippen MR) is 99.3 cm³/mol. The second-order valence-corrected chi connectivity index (χ2v) is 7.39. The summed E-state index contributed by atoms with van der Waals surface area (Å²) in [7, 11) is 0. The van der Waals surface area contributed by atoms with Gasteiger partial charge in [-0.05, 0) is 53.7 Å². The fourth-order valence-corrected chi connectivity index (χ4v) is 4.02. The summed E-state index contributed by atoms with van der Waals surface area (Å²) < 4.78 is 0. The van der Waals surface area contributed by atoms with Crippen LogP contribution in [-0.2, 0) is 6.42 Å². The van der Waals surface area contributed by atoms with Crippen molar-refractivity contribution in [3.63, 3.8) is 0 Å². The van der Waals surface area contributed by atoms with E-state index in [-0.39, 0.29) is 0 Å². The summed E-state index contributed by atoms with van der Waals surface area (Å²) in [6.07, 6.45) is 6.28. The Bertz CT molecular complexity index is 627. The third kappa shape index (κ3) is 3.67. The van der Waals surface area contributed by atoms with Crippen molar-refractivity contribution in [1.82, 2.24) is 0 Å². The zero-order valence-corrected chi connectivity index (χ0v) is 14.5. The van der Waals surface area contributed by atoms with Gasteiger partial charge in [-0.15, -0.1) is 0 Å². The molecule has 2 aromatic carbocycles. The van der Waals surface area contributed by atoms with Crippen LogP contribution in [0.3, 0.4) is 0 Å². The third-order valence-corrected chi connectivity index (χ3v) is 5.55. The molecule has 2 atom stereocenters. The number of hydrogen-bond acceptors (Lipinski definition) is 1. The number of benzene rings is 2. The first-order valence-electron chi connectivity index (χ1n) is 9.04. The van der Waals surface area contributed by atoms with E-state index < -0.39 is 0 Å². The molecular formula is C22H29N. The van der Waals surface area contributed by atoms with Gasteiger partial charge in [0.1, 0.15) is 0 Å². The minimum Gasteiger partial charge on any atom is -0.327 e. The molecule has 1 heteroatoms. The lowest BCUT2D eigenvalue weighted by Gasteiger charge is -2.29. The van der Waals surface area contributed by atoms with Crippen molar-refractivity contribution in [2.24, 2.45) is 17.1 Å². The van der Waals surface area contributed by atoms with Crippen LogP contribution < -0.4 is 5.73 Å². The standard InChI is InChI=1S/C22H29N/c1-3-12-22(13-14-22)21(23)17(2)15-18-8-7-11-20(16-18)19-9-5-4-6-10-19/h4-11,16-17,21H,3,12-15,23H2,1-2H3. The van der Waals surface area contributed by atoms with Crippen LogP contribution in [0.2, 0.25) is 0 Å². The average molecular weight is 307 g/mol. The molecule has 1 saturated carbocycles. The summed E-state index contributed by atoms with van der Waals surface area (Å²) in [4.78, 5) is 0. The van der Waals surface area contributed by atoms with Gasteiger partial charge in [0, 0.05) is 6.04 Å².